The monoisotopic (exact) mass is 527 g/mol. The number of carbonyl (C=O) groups excluding carboxylic acids is 2. The van der Waals surface area contributed by atoms with Crippen molar-refractivity contribution in [2.75, 3.05) is 0 Å². The molecule has 3 atom stereocenters. The molecule has 39 heavy (non-hydrogen) atoms. The molecule has 4 rings (SSSR count). The Morgan fingerprint density at radius 1 is 0.897 bits per heavy atom. The van der Waals surface area contributed by atoms with Crippen LogP contribution in [0.25, 0.3) is 10.9 Å². The Morgan fingerprint density at radius 3 is 2.28 bits per heavy atom. The molecule has 3 aromatic carbocycles. The van der Waals surface area contributed by atoms with Crippen molar-refractivity contribution in [1.29, 1.82) is 0 Å². The van der Waals surface area contributed by atoms with E-state index in [1.165, 1.54) is 0 Å². The summed E-state index contributed by atoms with van der Waals surface area (Å²) < 4.78 is 5.37. The lowest BCUT2D eigenvalue weighted by Gasteiger charge is -2.28. The van der Waals surface area contributed by atoms with E-state index in [1.807, 2.05) is 105 Å². The third-order valence-corrected chi connectivity index (χ3v) is 6.74. The average Bonchev–Trinajstić information content (AvgIpc) is 3.42. The van der Waals surface area contributed by atoms with Crippen molar-refractivity contribution in [3.8, 4) is 0 Å². The molecule has 7 heteroatoms. The van der Waals surface area contributed by atoms with E-state index in [-0.39, 0.29) is 18.4 Å². The molecule has 1 heterocycles. The fraction of sp³-hybridized carbons (Fsp3) is 0.312. The van der Waals surface area contributed by atoms with Gasteiger partial charge in [-0.3, -0.25) is 4.79 Å². The molecule has 0 saturated heterocycles. The van der Waals surface area contributed by atoms with Crippen LogP contribution in [0.3, 0.4) is 0 Å². The summed E-state index contributed by atoms with van der Waals surface area (Å²) in [6.45, 7) is 4.09. The van der Waals surface area contributed by atoms with Crippen molar-refractivity contribution >= 4 is 22.9 Å². The maximum atomic E-state index is 13.5. The molecule has 0 aliphatic rings. The lowest BCUT2D eigenvalue weighted by molar-refractivity contribution is -0.125. The van der Waals surface area contributed by atoms with E-state index in [2.05, 4.69) is 15.6 Å². The minimum Gasteiger partial charge on any atom is -0.445 e. The number of aryl methyl sites for hydroxylation is 1. The SMILES string of the molecule is CC(C)C[C@H](NC(=O)OCc1ccccc1)C(=O)N[C@@H](CCc1ccccc1)C(O)c1ccc2cc[nH]c2c1. The first-order chi connectivity index (χ1) is 18.9. The van der Waals surface area contributed by atoms with Crippen LogP contribution in [0.5, 0.6) is 0 Å². The molecule has 0 saturated carbocycles. The molecular weight excluding hydrogens is 490 g/mol. The van der Waals surface area contributed by atoms with E-state index in [9.17, 15) is 14.7 Å². The average molecular weight is 528 g/mol. The van der Waals surface area contributed by atoms with Gasteiger partial charge in [0.05, 0.1) is 12.1 Å². The molecular formula is C32H37N3O4. The normalized spacial score (nSPS) is 13.5. The largest absolute Gasteiger partial charge is 0.445 e. The Morgan fingerprint density at radius 2 is 1.59 bits per heavy atom. The molecule has 0 radical (unpaired) electrons. The maximum absolute atomic E-state index is 13.5. The quantitative estimate of drug-likeness (QED) is 0.191. The minimum absolute atomic E-state index is 0.113. The van der Waals surface area contributed by atoms with Crippen LogP contribution in [0.15, 0.2) is 91.1 Å². The number of alkyl carbamates (subject to hydrolysis) is 1. The number of nitrogens with one attached hydrogen (secondary N) is 3. The van der Waals surface area contributed by atoms with Crippen molar-refractivity contribution in [1.82, 2.24) is 15.6 Å². The van der Waals surface area contributed by atoms with Gasteiger partial charge < -0.3 is 25.5 Å². The van der Waals surface area contributed by atoms with Crippen molar-refractivity contribution < 1.29 is 19.4 Å². The molecule has 1 unspecified atom stereocenters. The summed E-state index contributed by atoms with van der Waals surface area (Å²) >= 11 is 0. The van der Waals surface area contributed by atoms with Gasteiger partial charge in [0.25, 0.3) is 0 Å². The Labute approximate surface area is 229 Å². The zero-order valence-electron chi connectivity index (χ0n) is 22.5. The zero-order chi connectivity index (χ0) is 27.6. The van der Waals surface area contributed by atoms with Crippen molar-refractivity contribution in [3.05, 3.63) is 108 Å². The van der Waals surface area contributed by atoms with Crippen LogP contribution in [0.1, 0.15) is 49.5 Å². The van der Waals surface area contributed by atoms with Gasteiger partial charge in [-0.05, 0) is 59.4 Å². The Bertz CT molecular complexity index is 1340. The molecule has 0 spiro atoms. The number of H-pyrrole nitrogens is 1. The van der Waals surface area contributed by atoms with Crippen molar-refractivity contribution in [2.24, 2.45) is 5.92 Å². The molecule has 204 valence electrons. The van der Waals surface area contributed by atoms with Crippen molar-refractivity contribution in [2.45, 2.75) is 57.9 Å². The van der Waals surface area contributed by atoms with Crippen LogP contribution in [0.2, 0.25) is 0 Å². The smallest absolute Gasteiger partial charge is 0.408 e. The minimum atomic E-state index is -0.935. The number of aliphatic hydroxyl groups is 1. The van der Waals surface area contributed by atoms with Crippen LogP contribution >= 0.6 is 0 Å². The van der Waals surface area contributed by atoms with Crippen LogP contribution in [-0.2, 0) is 22.6 Å². The first-order valence-electron chi connectivity index (χ1n) is 13.5. The second-order valence-corrected chi connectivity index (χ2v) is 10.3. The third-order valence-electron chi connectivity index (χ3n) is 6.74. The summed E-state index contributed by atoms with van der Waals surface area (Å²) in [5, 5.41) is 18.2. The molecule has 2 amide bonds. The highest BCUT2D eigenvalue weighted by atomic mass is 16.5. The van der Waals surface area contributed by atoms with Crippen LogP contribution in [0, 0.1) is 5.92 Å². The van der Waals surface area contributed by atoms with E-state index < -0.39 is 24.3 Å². The van der Waals surface area contributed by atoms with Gasteiger partial charge in [-0.2, -0.15) is 0 Å². The predicted octanol–water partition coefficient (Wildman–Crippen LogP) is 5.66. The standard InChI is InChI=1S/C32H37N3O4/c1-22(2)19-29(35-32(38)39-21-24-11-7-4-8-12-24)31(37)34-27(16-13-23-9-5-3-6-10-23)30(36)26-15-14-25-17-18-33-28(25)20-26/h3-12,14-15,17-18,20,22,27,29-30,33,36H,13,16,19,21H2,1-2H3,(H,34,37)(H,35,38)/t27-,29-,30?/m0/s1. The fourth-order valence-corrected chi connectivity index (χ4v) is 4.65. The molecule has 0 bridgehead atoms. The van der Waals surface area contributed by atoms with Gasteiger partial charge in [0, 0.05) is 11.7 Å². The highest BCUT2D eigenvalue weighted by molar-refractivity contribution is 5.86. The number of rotatable bonds is 12. The molecule has 7 nitrogen and oxygen atoms in total. The van der Waals surface area contributed by atoms with Gasteiger partial charge in [0.2, 0.25) is 5.91 Å². The van der Waals surface area contributed by atoms with Crippen LogP contribution < -0.4 is 10.6 Å². The summed E-state index contributed by atoms with van der Waals surface area (Å²) in [7, 11) is 0. The Kier molecular flexibility index (Phi) is 9.75. The number of benzene rings is 3. The summed E-state index contributed by atoms with van der Waals surface area (Å²) in [5.41, 5.74) is 3.60. The highest BCUT2D eigenvalue weighted by Crippen LogP contribution is 2.24. The fourth-order valence-electron chi connectivity index (χ4n) is 4.65. The van der Waals surface area contributed by atoms with Gasteiger partial charge in [0.15, 0.2) is 0 Å². The molecule has 4 N–H and O–H groups in total. The van der Waals surface area contributed by atoms with Gasteiger partial charge >= 0.3 is 6.09 Å². The van der Waals surface area contributed by atoms with Gasteiger partial charge in [-0.1, -0.05) is 86.6 Å². The number of aromatic nitrogens is 1. The Hall–Kier alpha value is -4.10. The molecule has 0 aliphatic heterocycles. The highest BCUT2D eigenvalue weighted by Gasteiger charge is 2.29. The second-order valence-electron chi connectivity index (χ2n) is 10.3. The topological polar surface area (TPSA) is 103 Å². The first-order valence-corrected chi connectivity index (χ1v) is 13.5. The van der Waals surface area contributed by atoms with E-state index in [0.29, 0.717) is 24.8 Å². The summed E-state index contributed by atoms with van der Waals surface area (Å²) in [4.78, 5) is 29.3. The first kappa shape index (κ1) is 27.9. The lowest BCUT2D eigenvalue weighted by Crippen LogP contribution is -2.51. The van der Waals surface area contributed by atoms with Gasteiger partial charge in [-0.25, -0.2) is 4.79 Å². The predicted molar refractivity (Wildman–Crippen MR) is 153 cm³/mol. The summed E-state index contributed by atoms with van der Waals surface area (Å²) in [6.07, 6.45) is 1.89. The van der Waals surface area contributed by atoms with E-state index >= 15 is 0 Å². The van der Waals surface area contributed by atoms with Gasteiger partial charge in [-0.15, -0.1) is 0 Å². The summed E-state index contributed by atoms with van der Waals surface area (Å²) in [6, 6.07) is 25.7. The number of aromatic amines is 1. The summed E-state index contributed by atoms with van der Waals surface area (Å²) in [5.74, 6) is -0.198. The number of ether oxygens (including phenoxy) is 1. The molecule has 4 aromatic rings. The van der Waals surface area contributed by atoms with Crippen molar-refractivity contribution in [3.63, 3.8) is 0 Å². The third kappa shape index (κ3) is 8.19. The zero-order valence-corrected chi connectivity index (χ0v) is 22.5. The number of fused-ring (bicyclic) bond motifs is 1. The van der Waals surface area contributed by atoms with E-state index in [4.69, 9.17) is 4.74 Å². The van der Waals surface area contributed by atoms with E-state index in [1.54, 1.807) is 0 Å². The van der Waals surface area contributed by atoms with Crippen LogP contribution in [0.4, 0.5) is 4.79 Å². The van der Waals surface area contributed by atoms with E-state index in [0.717, 1.165) is 22.0 Å². The number of hydrogen-bond acceptors (Lipinski definition) is 4. The number of aliphatic hydroxyl groups excluding tert-OH is 1. The van der Waals surface area contributed by atoms with Crippen LogP contribution in [-0.4, -0.2) is 34.2 Å². The number of carbonyl (C=O) groups is 2. The molecule has 0 fully saturated rings. The number of amides is 2. The Balaban J connectivity index is 1.47. The lowest BCUT2D eigenvalue weighted by atomic mass is 9.94. The maximum Gasteiger partial charge on any atom is 0.408 e. The number of hydrogen-bond donors (Lipinski definition) is 4. The molecule has 0 aliphatic carbocycles. The van der Waals surface area contributed by atoms with Gasteiger partial charge in [0.1, 0.15) is 12.6 Å². The second kappa shape index (κ2) is 13.6. The molecule has 1 aromatic heterocycles.